The van der Waals surface area contributed by atoms with Crippen LogP contribution >= 0.6 is 38.5 Å². The first-order valence-electron chi connectivity index (χ1n) is 3.30. The fourth-order valence-corrected chi connectivity index (χ4v) is 1.71. The molecule has 0 amide bonds. The van der Waals surface area contributed by atoms with Crippen molar-refractivity contribution < 1.29 is 17.9 Å². The molecule has 0 heterocycles. The Balaban J connectivity index is 3.09. The molecule has 0 saturated carbocycles. The third kappa shape index (κ3) is 3.19. The SMILES string of the molecule is Nc1cc(I)cc(OC(F)(F)F)c1Br. The van der Waals surface area contributed by atoms with Gasteiger partial charge >= 0.3 is 6.36 Å². The van der Waals surface area contributed by atoms with Gasteiger partial charge < -0.3 is 10.5 Å². The van der Waals surface area contributed by atoms with Crippen molar-refractivity contribution in [2.24, 2.45) is 0 Å². The molecule has 0 saturated heterocycles. The summed E-state index contributed by atoms with van der Waals surface area (Å²) < 4.78 is 40.1. The summed E-state index contributed by atoms with van der Waals surface area (Å²) in [7, 11) is 0. The molecule has 1 aromatic rings. The third-order valence-corrected chi connectivity index (χ3v) is 2.73. The van der Waals surface area contributed by atoms with Gasteiger partial charge in [0.15, 0.2) is 0 Å². The normalized spacial score (nSPS) is 11.5. The van der Waals surface area contributed by atoms with Crippen LogP contribution < -0.4 is 10.5 Å². The maximum absolute atomic E-state index is 11.9. The number of nitrogen functional groups attached to an aromatic ring is 1. The number of benzene rings is 1. The molecule has 0 unspecified atom stereocenters. The molecule has 2 nitrogen and oxygen atoms in total. The Morgan fingerprint density at radius 1 is 1.36 bits per heavy atom. The van der Waals surface area contributed by atoms with Gasteiger partial charge in [0.25, 0.3) is 0 Å². The molecule has 0 aliphatic heterocycles. The van der Waals surface area contributed by atoms with Crippen molar-refractivity contribution in [1.29, 1.82) is 0 Å². The standard InChI is InChI=1S/C7H4BrF3INO/c8-6-4(13)1-3(12)2-5(6)14-7(9,10)11/h1-2H,13H2. The second-order valence-electron chi connectivity index (χ2n) is 2.35. The smallest absolute Gasteiger partial charge is 0.404 e. The van der Waals surface area contributed by atoms with Crippen molar-refractivity contribution in [3.8, 4) is 5.75 Å². The summed E-state index contributed by atoms with van der Waals surface area (Å²) in [6, 6.07) is 2.78. The third-order valence-electron chi connectivity index (χ3n) is 1.26. The minimum Gasteiger partial charge on any atom is -0.404 e. The molecule has 0 bridgehead atoms. The number of halogens is 5. The molecule has 14 heavy (non-hydrogen) atoms. The van der Waals surface area contributed by atoms with Crippen LogP contribution in [0.15, 0.2) is 16.6 Å². The van der Waals surface area contributed by atoms with Gasteiger partial charge in [-0.3, -0.25) is 0 Å². The maximum Gasteiger partial charge on any atom is 0.573 e. The topological polar surface area (TPSA) is 35.2 Å². The molecule has 1 rings (SSSR count). The lowest BCUT2D eigenvalue weighted by molar-refractivity contribution is -0.274. The van der Waals surface area contributed by atoms with Crippen molar-refractivity contribution in [2.45, 2.75) is 6.36 Å². The van der Waals surface area contributed by atoms with Crippen molar-refractivity contribution >= 4 is 44.2 Å². The minimum atomic E-state index is -4.71. The summed E-state index contributed by atoms with van der Waals surface area (Å²) in [5, 5.41) is 0. The highest BCUT2D eigenvalue weighted by molar-refractivity contribution is 14.1. The Morgan fingerprint density at radius 2 is 1.93 bits per heavy atom. The lowest BCUT2D eigenvalue weighted by Gasteiger charge is -2.12. The lowest BCUT2D eigenvalue weighted by atomic mass is 10.3. The van der Waals surface area contributed by atoms with Crippen LogP contribution in [0, 0.1) is 3.57 Å². The number of alkyl halides is 3. The van der Waals surface area contributed by atoms with E-state index in [1.54, 1.807) is 0 Å². The largest absolute Gasteiger partial charge is 0.573 e. The predicted molar refractivity (Wildman–Crippen MR) is 58.0 cm³/mol. The van der Waals surface area contributed by atoms with Crippen LogP contribution in [0.25, 0.3) is 0 Å². The molecule has 0 aliphatic rings. The summed E-state index contributed by atoms with van der Waals surface area (Å²) >= 11 is 4.76. The van der Waals surface area contributed by atoms with Crippen molar-refractivity contribution in [2.75, 3.05) is 5.73 Å². The van der Waals surface area contributed by atoms with E-state index in [0.717, 1.165) is 0 Å². The van der Waals surface area contributed by atoms with Crippen molar-refractivity contribution in [1.82, 2.24) is 0 Å². The molecule has 0 aliphatic carbocycles. The average molecular weight is 382 g/mol. The number of rotatable bonds is 1. The second kappa shape index (κ2) is 4.13. The van der Waals surface area contributed by atoms with E-state index in [9.17, 15) is 13.2 Å². The summed E-state index contributed by atoms with van der Waals surface area (Å²) in [4.78, 5) is 0. The van der Waals surface area contributed by atoms with Gasteiger partial charge in [-0.05, 0) is 50.7 Å². The summed E-state index contributed by atoms with van der Waals surface area (Å²) in [5.74, 6) is -0.332. The zero-order valence-corrected chi connectivity index (χ0v) is 10.3. The highest BCUT2D eigenvalue weighted by Crippen LogP contribution is 2.35. The Hall–Kier alpha value is -0.180. The number of hydrogen-bond donors (Lipinski definition) is 1. The molecule has 78 valence electrons. The summed E-state index contributed by atoms with van der Waals surface area (Å²) in [6.07, 6.45) is -4.71. The Labute approximate surface area is 99.9 Å². The molecular weight excluding hydrogens is 378 g/mol. The van der Waals surface area contributed by atoms with Crippen LogP contribution in [0.4, 0.5) is 18.9 Å². The van der Waals surface area contributed by atoms with E-state index in [-0.39, 0.29) is 15.9 Å². The summed E-state index contributed by atoms with van der Waals surface area (Å²) in [6.45, 7) is 0. The molecule has 0 aromatic heterocycles. The average Bonchev–Trinajstić information content (AvgIpc) is 1.96. The van der Waals surface area contributed by atoms with Gasteiger partial charge in [0.2, 0.25) is 0 Å². The van der Waals surface area contributed by atoms with E-state index < -0.39 is 6.36 Å². The van der Waals surface area contributed by atoms with E-state index in [1.807, 2.05) is 22.6 Å². The van der Waals surface area contributed by atoms with Crippen molar-refractivity contribution in [3.05, 3.63) is 20.2 Å². The van der Waals surface area contributed by atoms with E-state index in [1.165, 1.54) is 12.1 Å². The molecule has 0 spiro atoms. The van der Waals surface area contributed by atoms with Crippen LogP contribution in [0.3, 0.4) is 0 Å². The Bertz CT molecular complexity index is 356. The highest BCUT2D eigenvalue weighted by atomic mass is 127. The molecule has 7 heteroatoms. The fourth-order valence-electron chi connectivity index (χ4n) is 0.783. The molecule has 2 N–H and O–H groups in total. The predicted octanol–water partition coefficient (Wildman–Crippen LogP) is 3.53. The van der Waals surface area contributed by atoms with Gasteiger partial charge in [-0.25, -0.2) is 0 Å². The first kappa shape index (κ1) is 11.9. The van der Waals surface area contributed by atoms with Crippen LogP contribution in [0.5, 0.6) is 5.75 Å². The summed E-state index contributed by atoms with van der Waals surface area (Å²) in [5.41, 5.74) is 5.65. The molecular formula is C7H4BrF3INO. The first-order chi connectivity index (χ1) is 6.29. The van der Waals surface area contributed by atoms with Crippen LogP contribution in [-0.4, -0.2) is 6.36 Å². The van der Waals surface area contributed by atoms with E-state index in [0.29, 0.717) is 3.57 Å². The zero-order valence-electron chi connectivity index (χ0n) is 6.53. The molecule has 0 radical (unpaired) electrons. The molecule has 0 atom stereocenters. The van der Waals surface area contributed by atoms with Gasteiger partial charge in [0.1, 0.15) is 5.75 Å². The van der Waals surface area contributed by atoms with Gasteiger partial charge in [0, 0.05) is 3.57 Å². The Kier molecular flexibility index (Phi) is 3.51. The zero-order chi connectivity index (χ0) is 10.9. The first-order valence-corrected chi connectivity index (χ1v) is 5.17. The van der Waals surface area contributed by atoms with Crippen LogP contribution in [-0.2, 0) is 0 Å². The van der Waals surface area contributed by atoms with Crippen LogP contribution in [0.2, 0.25) is 0 Å². The minimum absolute atomic E-state index is 0.107. The molecule has 0 fully saturated rings. The van der Waals surface area contributed by atoms with E-state index in [4.69, 9.17) is 5.73 Å². The number of anilines is 1. The lowest BCUT2D eigenvalue weighted by Crippen LogP contribution is -2.17. The van der Waals surface area contributed by atoms with E-state index >= 15 is 0 Å². The van der Waals surface area contributed by atoms with Gasteiger partial charge in [-0.15, -0.1) is 13.2 Å². The quantitative estimate of drug-likeness (QED) is 0.596. The fraction of sp³-hybridized carbons (Fsp3) is 0.143. The van der Waals surface area contributed by atoms with Crippen molar-refractivity contribution in [3.63, 3.8) is 0 Å². The van der Waals surface area contributed by atoms with Gasteiger partial charge in [-0.2, -0.15) is 0 Å². The van der Waals surface area contributed by atoms with Gasteiger partial charge in [-0.1, -0.05) is 0 Å². The highest BCUT2D eigenvalue weighted by Gasteiger charge is 2.32. The van der Waals surface area contributed by atoms with Crippen LogP contribution in [0.1, 0.15) is 0 Å². The molecule has 1 aromatic carbocycles. The van der Waals surface area contributed by atoms with Gasteiger partial charge in [0.05, 0.1) is 10.2 Å². The monoisotopic (exact) mass is 381 g/mol. The van der Waals surface area contributed by atoms with E-state index in [2.05, 4.69) is 20.7 Å². The maximum atomic E-state index is 11.9. The number of nitrogens with two attached hydrogens (primary N) is 1. The number of hydrogen-bond acceptors (Lipinski definition) is 2. The second-order valence-corrected chi connectivity index (χ2v) is 4.39. The Morgan fingerprint density at radius 3 is 2.43 bits per heavy atom. The number of ether oxygens (including phenoxy) is 1.